The van der Waals surface area contributed by atoms with Crippen molar-refractivity contribution in [3.63, 3.8) is 0 Å². The fraction of sp³-hybridized carbons (Fsp3) is 0.565. The molecular weight excluding hydrogens is 440 g/mol. The predicted octanol–water partition coefficient (Wildman–Crippen LogP) is 2.94. The first-order valence-electron chi connectivity index (χ1n) is 10.9. The van der Waals surface area contributed by atoms with Gasteiger partial charge in [0, 0.05) is 63.2 Å². The maximum atomic E-state index is 13.6. The van der Waals surface area contributed by atoms with E-state index in [4.69, 9.17) is 16.3 Å². The fourth-order valence-corrected chi connectivity index (χ4v) is 4.84. The number of rotatable bonds is 7. The molecule has 0 aromatic heterocycles. The Bertz CT molecular complexity index is 912. The summed E-state index contributed by atoms with van der Waals surface area (Å²) in [6, 6.07) is 3.58. The quantitative estimate of drug-likeness (QED) is 0.579. The average molecular weight is 468 g/mol. The first-order chi connectivity index (χ1) is 15.2. The van der Waals surface area contributed by atoms with Gasteiger partial charge in [-0.05, 0) is 29.7 Å². The Kier molecular flexibility index (Phi) is 6.45. The average Bonchev–Trinajstić information content (AvgIpc) is 3.39. The van der Waals surface area contributed by atoms with Crippen LogP contribution >= 0.6 is 11.6 Å². The Balaban J connectivity index is 1.29. The highest BCUT2D eigenvalue weighted by Gasteiger charge is 2.58. The molecule has 174 valence electrons. The van der Waals surface area contributed by atoms with Crippen LogP contribution in [0, 0.1) is 0 Å². The van der Waals surface area contributed by atoms with Gasteiger partial charge in [0.1, 0.15) is 5.75 Å². The summed E-state index contributed by atoms with van der Waals surface area (Å²) in [6.45, 7) is 7.76. The molecular formula is C23H28ClF2N3O3. The van der Waals surface area contributed by atoms with Crippen molar-refractivity contribution in [1.82, 2.24) is 14.7 Å². The summed E-state index contributed by atoms with van der Waals surface area (Å²) < 4.78 is 32.5. The number of nitrogens with zero attached hydrogens (tertiary/aromatic N) is 3. The molecule has 2 aliphatic heterocycles. The Morgan fingerprint density at radius 2 is 1.88 bits per heavy atom. The van der Waals surface area contributed by atoms with Crippen LogP contribution in [0.5, 0.6) is 5.75 Å². The maximum Gasteiger partial charge on any atom is 0.255 e. The molecule has 9 heteroatoms. The van der Waals surface area contributed by atoms with Gasteiger partial charge >= 0.3 is 0 Å². The normalized spacial score (nSPS) is 22.9. The molecule has 2 saturated heterocycles. The SMILES string of the molecule is C=CC(=O)N1CC(N2CCN(C(=O)CCc3cc(C4CC4(F)F)c(Cl)cc3OC)CC2)C1. The highest BCUT2D eigenvalue weighted by molar-refractivity contribution is 6.31. The van der Waals surface area contributed by atoms with E-state index in [9.17, 15) is 18.4 Å². The van der Waals surface area contributed by atoms with Crippen LogP contribution in [0.3, 0.4) is 0 Å². The van der Waals surface area contributed by atoms with Gasteiger partial charge in [-0.15, -0.1) is 0 Å². The number of ether oxygens (including phenoxy) is 1. The van der Waals surface area contributed by atoms with E-state index in [2.05, 4.69) is 11.5 Å². The third-order valence-corrected chi connectivity index (χ3v) is 7.07. The first-order valence-corrected chi connectivity index (χ1v) is 11.3. The summed E-state index contributed by atoms with van der Waals surface area (Å²) in [5.74, 6) is -3.05. The molecule has 1 aromatic rings. The Morgan fingerprint density at radius 1 is 1.22 bits per heavy atom. The molecule has 1 aliphatic carbocycles. The molecule has 1 atom stereocenters. The first kappa shape index (κ1) is 23.0. The van der Waals surface area contributed by atoms with E-state index in [0.29, 0.717) is 50.0 Å². The summed E-state index contributed by atoms with van der Waals surface area (Å²) >= 11 is 6.20. The Labute approximate surface area is 191 Å². The van der Waals surface area contributed by atoms with Gasteiger partial charge in [-0.2, -0.15) is 0 Å². The van der Waals surface area contributed by atoms with Crippen molar-refractivity contribution >= 4 is 23.4 Å². The minimum Gasteiger partial charge on any atom is -0.496 e. The molecule has 2 heterocycles. The minimum absolute atomic E-state index is 0.0389. The van der Waals surface area contributed by atoms with Crippen LogP contribution in [0.25, 0.3) is 0 Å². The number of hydrogen-bond acceptors (Lipinski definition) is 4. The van der Waals surface area contributed by atoms with Gasteiger partial charge in [0.15, 0.2) is 0 Å². The van der Waals surface area contributed by atoms with Gasteiger partial charge in [-0.3, -0.25) is 14.5 Å². The molecule has 32 heavy (non-hydrogen) atoms. The molecule has 0 bridgehead atoms. The van der Waals surface area contributed by atoms with Crippen molar-refractivity contribution in [1.29, 1.82) is 0 Å². The lowest BCUT2D eigenvalue weighted by Gasteiger charge is -2.47. The lowest BCUT2D eigenvalue weighted by molar-refractivity contribution is -0.136. The zero-order valence-corrected chi connectivity index (χ0v) is 18.9. The zero-order chi connectivity index (χ0) is 23.0. The van der Waals surface area contributed by atoms with Gasteiger partial charge in [0.05, 0.1) is 13.0 Å². The van der Waals surface area contributed by atoms with Crippen molar-refractivity contribution in [2.45, 2.75) is 37.1 Å². The molecule has 1 unspecified atom stereocenters. The van der Waals surface area contributed by atoms with Crippen molar-refractivity contribution in [3.8, 4) is 5.75 Å². The summed E-state index contributed by atoms with van der Waals surface area (Å²) in [4.78, 5) is 30.3. The van der Waals surface area contributed by atoms with E-state index >= 15 is 0 Å². The Hall–Kier alpha value is -2.19. The van der Waals surface area contributed by atoms with Crippen LogP contribution in [0.15, 0.2) is 24.8 Å². The number of methoxy groups -OCH3 is 1. The highest BCUT2D eigenvalue weighted by Crippen LogP contribution is 2.57. The number of halogens is 3. The molecule has 2 amide bonds. The molecule has 0 N–H and O–H groups in total. The minimum atomic E-state index is -2.71. The van der Waals surface area contributed by atoms with Gasteiger partial charge < -0.3 is 14.5 Å². The number of alkyl halides is 2. The van der Waals surface area contributed by atoms with Crippen LogP contribution in [0.1, 0.15) is 29.9 Å². The van der Waals surface area contributed by atoms with Crippen LogP contribution in [0.2, 0.25) is 5.02 Å². The number of carbonyl (C=O) groups is 2. The molecule has 0 radical (unpaired) electrons. The third kappa shape index (κ3) is 4.62. The topological polar surface area (TPSA) is 53.1 Å². The molecule has 1 saturated carbocycles. The molecule has 3 aliphatic rings. The fourth-order valence-electron chi connectivity index (χ4n) is 4.55. The zero-order valence-electron chi connectivity index (χ0n) is 18.2. The second-order valence-corrected chi connectivity index (χ2v) is 9.13. The number of carbonyl (C=O) groups excluding carboxylic acids is 2. The number of hydrogen-bond donors (Lipinski definition) is 0. The van der Waals surface area contributed by atoms with E-state index in [-0.39, 0.29) is 29.7 Å². The largest absolute Gasteiger partial charge is 0.496 e. The molecule has 3 fully saturated rings. The highest BCUT2D eigenvalue weighted by atomic mass is 35.5. The number of amides is 2. The van der Waals surface area contributed by atoms with Crippen LogP contribution in [0.4, 0.5) is 8.78 Å². The van der Waals surface area contributed by atoms with E-state index in [1.165, 1.54) is 13.2 Å². The monoisotopic (exact) mass is 467 g/mol. The van der Waals surface area contributed by atoms with Crippen LogP contribution < -0.4 is 4.74 Å². The van der Waals surface area contributed by atoms with Crippen molar-refractivity contribution in [2.24, 2.45) is 0 Å². The van der Waals surface area contributed by atoms with Crippen LogP contribution in [-0.2, 0) is 16.0 Å². The van der Waals surface area contributed by atoms with E-state index in [1.807, 2.05) is 4.90 Å². The summed E-state index contributed by atoms with van der Waals surface area (Å²) in [5, 5.41) is 0.277. The van der Waals surface area contributed by atoms with Gasteiger partial charge in [-0.25, -0.2) is 8.78 Å². The standard InChI is InChI=1S/C23H28ClF2N3O3/c1-3-21(30)29-13-16(14-29)27-6-8-28(9-7-27)22(31)5-4-15-10-17(18-12-23(18,25)26)19(24)11-20(15)32-2/h3,10-11,16,18H,1,4-9,12-14H2,2H3. The number of likely N-dealkylation sites (tertiary alicyclic amines) is 1. The van der Waals surface area contributed by atoms with Crippen molar-refractivity contribution in [2.75, 3.05) is 46.4 Å². The smallest absolute Gasteiger partial charge is 0.255 e. The second-order valence-electron chi connectivity index (χ2n) is 8.72. The van der Waals surface area contributed by atoms with Gasteiger partial charge in [0.25, 0.3) is 5.92 Å². The van der Waals surface area contributed by atoms with Crippen molar-refractivity contribution in [3.05, 3.63) is 40.9 Å². The van der Waals surface area contributed by atoms with E-state index < -0.39 is 11.8 Å². The summed E-state index contributed by atoms with van der Waals surface area (Å²) in [6.07, 6.45) is 1.83. The number of benzene rings is 1. The van der Waals surface area contributed by atoms with Crippen molar-refractivity contribution < 1.29 is 23.1 Å². The number of piperazine rings is 1. The maximum absolute atomic E-state index is 13.6. The molecule has 1 aromatic carbocycles. The predicted molar refractivity (Wildman–Crippen MR) is 117 cm³/mol. The van der Waals surface area contributed by atoms with Gasteiger partial charge in [-0.1, -0.05) is 24.2 Å². The lowest BCUT2D eigenvalue weighted by atomic mass is 10.0. The molecule has 0 spiro atoms. The number of aryl methyl sites for hydroxylation is 1. The van der Waals surface area contributed by atoms with E-state index in [0.717, 1.165) is 18.7 Å². The Morgan fingerprint density at radius 3 is 2.44 bits per heavy atom. The van der Waals surface area contributed by atoms with Gasteiger partial charge in [0.2, 0.25) is 11.8 Å². The lowest BCUT2D eigenvalue weighted by Crippen LogP contribution is -2.64. The third-order valence-electron chi connectivity index (χ3n) is 6.74. The van der Waals surface area contributed by atoms with E-state index in [1.54, 1.807) is 17.0 Å². The van der Waals surface area contributed by atoms with Crippen LogP contribution in [-0.4, -0.2) is 84.9 Å². The summed E-state index contributed by atoms with van der Waals surface area (Å²) in [7, 11) is 1.51. The molecule has 6 nitrogen and oxygen atoms in total. The summed E-state index contributed by atoms with van der Waals surface area (Å²) in [5.41, 5.74) is 1.15. The molecule has 4 rings (SSSR count). The second kappa shape index (κ2) is 8.98.